The Hall–Kier alpha value is -4.57. The third kappa shape index (κ3) is 5.06. The molecule has 5 aromatic rings. The number of aromatic nitrogens is 4. The van der Waals surface area contributed by atoms with Crippen molar-refractivity contribution >= 4 is 51.4 Å². The number of carboxylic acids is 1. The molecule has 0 spiro atoms. The van der Waals surface area contributed by atoms with E-state index in [1.165, 1.54) is 24.4 Å². The first-order valence-corrected chi connectivity index (χ1v) is 13.4. The Balaban J connectivity index is 1.56. The number of fused-ring (bicyclic) bond motifs is 2. The van der Waals surface area contributed by atoms with E-state index in [-0.39, 0.29) is 28.2 Å². The van der Waals surface area contributed by atoms with Gasteiger partial charge in [0.2, 0.25) is 0 Å². The van der Waals surface area contributed by atoms with E-state index in [9.17, 15) is 14.7 Å². The highest BCUT2D eigenvalue weighted by molar-refractivity contribution is 6.35. The highest BCUT2D eigenvalue weighted by atomic mass is 35.5. The van der Waals surface area contributed by atoms with Crippen molar-refractivity contribution < 1.29 is 23.8 Å². The summed E-state index contributed by atoms with van der Waals surface area (Å²) in [4.78, 5) is 38.1. The van der Waals surface area contributed by atoms with Crippen LogP contribution in [0.3, 0.4) is 0 Å². The lowest BCUT2D eigenvalue weighted by Gasteiger charge is -2.19. The Morgan fingerprint density at radius 3 is 2.51 bits per heavy atom. The second-order valence-corrected chi connectivity index (χ2v) is 11.3. The van der Waals surface area contributed by atoms with Gasteiger partial charge < -0.3 is 9.84 Å². The topological polar surface area (TPSA) is 119 Å². The van der Waals surface area contributed by atoms with E-state index in [1.54, 1.807) is 45.2 Å². The fourth-order valence-corrected chi connectivity index (χ4v) is 5.05. The third-order valence-corrected chi connectivity index (χ3v) is 7.00. The number of rotatable bonds is 5. The fraction of sp³-hybridized carbons (Fsp3) is 0.233. The SMILES string of the molecule is CC(C)(C)OC(=O)Nc1cc(-c2cc(C(=O)O)c3nc(C4CC4)n(-c4ccnc5c(Cl)ccc(F)c45)c3c2)ccn1. The maximum atomic E-state index is 15.3. The predicted octanol–water partition coefficient (Wildman–Crippen LogP) is 7.35. The number of carbonyl (C=O) groups is 2. The molecule has 0 saturated heterocycles. The van der Waals surface area contributed by atoms with Gasteiger partial charge in [0.1, 0.15) is 28.6 Å². The van der Waals surface area contributed by atoms with Gasteiger partial charge >= 0.3 is 12.1 Å². The summed E-state index contributed by atoms with van der Waals surface area (Å²) in [5.41, 5.74) is 2.00. The van der Waals surface area contributed by atoms with Crippen LogP contribution in [-0.2, 0) is 4.74 Å². The number of pyridine rings is 2. The van der Waals surface area contributed by atoms with Crippen LogP contribution in [0.25, 0.3) is 38.8 Å². The van der Waals surface area contributed by atoms with Crippen molar-refractivity contribution in [1.29, 1.82) is 0 Å². The minimum absolute atomic E-state index is 0.00604. The molecule has 41 heavy (non-hydrogen) atoms. The van der Waals surface area contributed by atoms with Crippen LogP contribution in [0.1, 0.15) is 55.7 Å². The number of amides is 1. The predicted molar refractivity (Wildman–Crippen MR) is 153 cm³/mol. The summed E-state index contributed by atoms with van der Waals surface area (Å²) in [5.74, 6) is -0.675. The lowest BCUT2D eigenvalue weighted by molar-refractivity contribution is 0.0633. The van der Waals surface area contributed by atoms with E-state index >= 15 is 4.39 Å². The Bertz CT molecular complexity index is 1880. The molecule has 0 aliphatic heterocycles. The highest BCUT2D eigenvalue weighted by Crippen LogP contribution is 2.44. The van der Waals surface area contributed by atoms with E-state index in [2.05, 4.69) is 15.3 Å². The number of hydrogen-bond donors (Lipinski definition) is 2. The van der Waals surface area contributed by atoms with Crippen LogP contribution in [-0.4, -0.2) is 42.3 Å². The first-order chi connectivity index (χ1) is 19.5. The van der Waals surface area contributed by atoms with Gasteiger partial charge in [0.05, 0.1) is 32.7 Å². The van der Waals surface area contributed by atoms with Gasteiger partial charge in [-0.25, -0.2) is 23.9 Å². The van der Waals surface area contributed by atoms with E-state index in [4.69, 9.17) is 21.3 Å². The zero-order valence-electron chi connectivity index (χ0n) is 22.4. The second kappa shape index (κ2) is 9.81. The number of halogens is 2. The Labute approximate surface area is 239 Å². The molecule has 0 unspecified atom stereocenters. The van der Waals surface area contributed by atoms with E-state index < -0.39 is 23.5 Å². The van der Waals surface area contributed by atoms with Gasteiger partial charge in [0.15, 0.2) is 0 Å². The van der Waals surface area contributed by atoms with Crippen molar-refractivity contribution in [1.82, 2.24) is 19.5 Å². The normalized spacial score (nSPS) is 13.5. The summed E-state index contributed by atoms with van der Waals surface area (Å²) in [6, 6.07) is 11.1. The summed E-state index contributed by atoms with van der Waals surface area (Å²) in [6.07, 6.45) is 4.16. The molecule has 0 atom stereocenters. The number of hydrogen-bond acceptors (Lipinski definition) is 6. The average molecular weight is 574 g/mol. The molecule has 1 saturated carbocycles. The van der Waals surface area contributed by atoms with Crippen LogP contribution in [0.2, 0.25) is 5.02 Å². The van der Waals surface area contributed by atoms with Crippen molar-refractivity contribution in [3.05, 3.63) is 77.1 Å². The lowest BCUT2D eigenvalue weighted by atomic mass is 10.0. The first kappa shape index (κ1) is 26.6. The van der Waals surface area contributed by atoms with Crippen molar-refractivity contribution in [2.75, 3.05) is 5.32 Å². The lowest BCUT2D eigenvalue weighted by Crippen LogP contribution is -2.27. The second-order valence-electron chi connectivity index (χ2n) is 10.9. The zero-order chi connectivity index (χ0) is 29.1. The van der Waals surface area contributed by atoms with Crippen LogP contribution in [0.15, 0.2) is 54.9 Å². The van der Waals surface area contributed by atoms with Gasteiger partial charge in [-0.15, -0.1) is 0 Å². The standard InChI is InChI=1S/C30H25ClFN5O4/c1-30(2,3)41-29(40)35-23-14-16(8-10-33-23)17-12-18(28(38)39)25-22(13-17)37(27(36-25)15-4-5-15)21-9-11-34-26-19(31)6-7-20(32)24(21)26/h6-15H,4-5H2,1-3H3,(H,38,39)(H,33,35,40). The Morgan fingerprint density at radius 2 is 1.80 bits per heavy atom. The van der Waals surface area contributed by atoms with Gasteiger partial charge in [-0.2, -0.15) is 0 Å². The number of carbonyl (C=O) groups excluding carboxylic acids is 1. The summed E-state index contributed by atoms with van der Waals surface area (Å²) in [5, 5.41) is 13.3. The van der Waals surface area contributed by atoms with Crippen LogP contribution in [0.4, 0.5) is 15.0 Å². The minimum atomic E-state index is -1.15. The molecule has 208 valence electrons. The average Bonchev–Trinajstić information content (AvgIpc) is 3.69. The first-order valence-electron chi connectivity index (χ1n) is 13.0. The van der Waals surface area contributed by atoms with Crippen molar-refractivity contribution in [3.8, 4) is 16.8 Å². The van der Waals surface area contributed by atoms with Gasteiger partial charge in [0, 0.05) is 18.3 Å². The molecule has 0 bridgehead atoms. The number of nitrogens with zero attached hydrogens (tertiary/aromatic N) is 4. The number of carboxylic acid groups (broad SMARTS) is 1. The summed E-state index contributed by atoms with van der Waals surface area (Å²) in [7, 11) is 0. The maximum absolute atomic E-state index is 15.3. The molecule has 11 heteroatoms. The number of imidazole rings is 1. The molecule has 1 aliphatic carbocycles. The molecular weight excluding hydrogens is 549 g/mol. The number of nitrogens with one attached hydrogen (secondary N) is 1. The molecule has 2 N–H and O–H groups in total. The molecule has 3 heterocycles. The number of benzene rings is 2. The minimum Gasteiger partial charge on any atom is -0.478 e. The van der Waals surface area contributed by atoms with Crippen LogP contribution < -0.4 is 5.32 Å². The zero-order valence-corrected chi connectivity index (χ0v) is 23.2. The van der Waals surface area contributed by atoms with Gasteiger partial charge in [-0.3, -0.25) is 14.9 Å². The van der Waals surface area contributed by atoms with Crippen LogP contribution >= 0.6 is 11.6 Å². The van der Waals surface area contributed by atoms with Gasteiger partial charge in [-0.1, -0.05) is 11.6 Å². The summed E-state index contributed by atoms with van der Waals surface area (Å²) in [6.45, 7) is 5.26. The van der Waals surface area contributed by atoms with E-state index in [0.29, 0.717) is 38.7 Å². The molecular formula is C30H25ClFN5O4. The van der Waals surface area contributed by atoms with Crippen LogP contribution in [0, 0.1) is 5.82 Å². The smallest absolute Gasteiger partial charge is 0.413 e. The van der Waals surface area contributed by atoms with E-state index in [1.807, 2.05) is 10.6 Å². The molecule has 2 aromatic carbocycles. The molecule has 9 nitrogen and oxygen atoms in total. The van der Waals surface area contributed by atoms with Gasteiger partial charge in [0.25, 0.3) is 0 Å². The third-order valence-electron chi connectivity index (χ3n) is 6.69. The fourth-order valence-electron chi connectivity index (χ4n) is 4.84. The molecule has 0 radical (unpaired) electrons. The van der Waals surface area contributed by atoms with E-state index in [0.717, 1.165) is 12.8 Å². The quantitative estimate of drug-likeness (QED) is 0.225. The number of ether oxygens (including phenoxy) is 1. The van der Waals surface area contributed by atoms with Crippen LogP contribution in [0.5, 0.6) is 0 Å². The van der Waals surface area contributed by atoms with Crippen molar-refractivity contribution in [2.45, 2.75) is 45.1 Å². The summed E-state index contributed by atoms with van der Waals surface area (Å²) >= 11 is 6.38. The monoisotopic (exact) mass is 573 g/mol. The van der Waals surface area contributed by atoms with Crippen molar-refractivity contribution in [2.24, 2.45) is 0 Å². The van der Waals surface area contributed by atoms with Gasteiger partial charge in [-0.05, 0) is 87.2 Å². The molecule has 3 aromatic heterocycles. The molecule has 6 rings (SSSR count). The number of aromatic carboxylic acids is 1. The Morgan fingerprint density at radius 1 is 1.05 bits per heavy atom. The molecule has 1 aliphatic rings. The molecule has 1 fully saturated rings. The largest absolute Gasteiger partial charge is 0.478 e. The highest BCUT2D eigenvalue weighted by Gasteiger charge is 2.32. The number of anilines is 1. The molecule has 1 amide bonds. The Kier molecular flexibility index (Phi) is 6.37. The summed E-state index contributed by atoms with van der Waals surface area (Å²) < 4.78 is 22.4. The van der Waals surface area contributed by atoms with Crippen molar-refractivity contribution in [3.63, 3.8) is 0 Å². The maximum Gasteiger partial charge on any atom is 0.413 e.